The number of carbonyl (C=O) groups is 1. The fourth-order valence-electron chi connectivity index (χ4n) is 3.19. The van der Waals surface area contributed by atoms with Gasteiger partial charge in [-0.2, -0.15) is 10.2 Å². The van der Waals surface area contributed by atoms with Crippen LogP contribution >= 0.6 is 11.6 Å². The number of nitrogens with zero attached hydrogens (tertiary/aromatic N) is 5. The normalized spacial score (nSPS) is 11.6. The monoisotopic (exact) mass is 410 g/mol. The zero-order valence-corrected chi connectivity index (χ0v) is 16.8. The summed E-state index contributed by atoms with van der Waals surface area (Å²) in [5.41, 5.74) is 2.61. The molecule has 10 heteroatoms. The van der Waals surface area contributed by atoms with E-state index >= 15 is 0 Å². The van der Waals surface area contributed by atoms with Gasteiger partial charge < -0.3 is 5.32 Å². The molecule has 0 saturated heterocycles. The van der Waals surface area contributed by atoms with E-state index in [1.165, 1.54) is 10.7 Å². The highest BCUT2D eigenvalue weighted by Gasteiger charge is 2.20. The maximum Gasteiger partial charge on any atom is 0.264 e. The summed E-state index contributed by atoms with van der Waals surface area (Å²) in [5.74, 6) is -0.293. The first kappa shape index (κ1) is 20.2. The molecule has 3 rings (SSSR count). The molecule has 0 unspecified atom stereocenters. The van der Waals surface area contributed by atoms with Crippen LogP contribution < -0.4 is 5.32 Å². The Labute approximate surface area is 165 Å². The van der Waals surface area contributed by atoms with Crippen LogP contribution in [0.1, 0.15) is 34.8 Å². The SMILES string of the molecule is Cc1cc(C(F)F)c2c(C)nn(CC(=O)NCCn3nc(C)c(Cl)c3C)c2n1. The third-order valence-electron chi connectivity index (χ3n) is 4.50. The Morgan fingerprint density at radius 3 is 2.46 bits per heavy atom. The average Bonchev–Trinajstić information content (AvgIpc) is 3.05. The number of alkyl halides is 2. The van der Waals surface area contributed by atoms with E-state index in [1.54, 1.807) is 18.5 Å². The van der Waals surface area contributed by atoms with Gasteiger partial charge in [-0.3, -0.25) is 9.48 Å². The van der Waals surface area contributed by atoms with E-state index in [4.69, 9.17) is 11.6 Å². The first-order chi connectivity index (χ1) is 13.2. The summed E-state index contributed by atoms with van der Waals surface area (Å²) < 4.78 is 29.8. The van der Waals surface area contributed by atoms with Crippen molar-refractivity contribution in [3.63, 3.8) is 0 Å². The first-order valence-electron chi connectivity index (χ1n) is 8.78. The first-order valence-corrected chi connectivity index (χ1v) is 9.15. The number of amides is 1. The lowest BCUT2D eigenvalue weighted by molar-refractivity contribution is -0.121. The second kappa shape index (κ2) is 7.83. The van der Waals surface area contributed by atoms with Gasteiger partial charge in [0.25, 0.3) is 6.43 Å². The molecule has 0 saturated carbocycles. The molecule has 1 amide bonds. The summed E-state index contributed by atoms with van der Waals surface area (Å²) in [7, 11) is 0. The highest BCUT2D eigenvalue weighted by Crippen LogP contribution is 2.29. The van der Waals surface area contributed by atoms with E-state index in [0.717, 1.165) is 11.4 Å². The van der Waals surface area contributed by atoms with Gasteiger partial charge in [-0.05, 0) is 33.8 Å². The Balaban J connectivity index is 1.72. The van der Waals surface area contributed by atoms with E-state index in [-0.39, 0.29) is 23.7 Å². The number of halogens is 3. The molecule has 0 radical (unpaired) electrons. The fourth-order valence-corrected chi connectivity index (χ4v) is 3.32. The molecule has 3 heterocycles. The van der Waals surface area contributed by atoms with Crippen LogP contribution in [0.3, 0.4) is 0 Å². The van der Waals surface area contributed by atoms with Gasteiger partial charge in [0.2, 0.25) is 5.91 Å². The second-order valence-electron chi connectivity index (χ2n) is 6.65. The van der Waals surface area contributed by atoms with Gasteiger partial charge in [0.15, 0.2) is 5.65 Å². The molecule has 0 fully saturated rings. The molecule has 3 aromatic rings. The number of hydrogen-bond donors (Lipinski definition) is 1. The molecule has 0 aliphatic heterocycles. The minimum Gasteiger partial charge on any atom is -0.353 e. The molecule has 0 aromatic carbocycles. The summed E-state index contributed by atoms with van der Waals surface area (Å²) in [6.07, 6.45) is -2.64. The summed E-state index contributed by atoms with van der Waals surface area (Å²) in [6.45, 7) is 7.65. The minimum atomic E-state index is -2.64. The molecule has 1 N–H and O–H groups in total. The molecule has 150 valence electrons. The number of pyridine rings is 1. The van der Waals surface area contributed by atoms with Crippen molar-refractivity contribution in [1.29, 1.82) is 0 Å². The second-order valence-corrected chi connectivity index (χ2v) is 7.03. The minimum absolute atomic E-state index is 0.110. The van der Waals surface area contributed by atoms with Crippen LogP contribution in [0.5, 0.6) is 0 Å². The van der Waals surface area contributed by atoms with E-state index in [1.807, 2.05) is 13.8 Å². The Kier molecular flexibility index (Phi) is 5.64. The molecule has 0 bridgehead atoms. The van der Waals surface area contributed by atoms with Gasteiger partial charge in [0.05, 0.1) is 34.0 Å². The topological polar surface area (TPSA) is 77.6 Å². The number of aromatic nitrogens is 5. The van der Waals surface area contributed by atoms with Crippen LogP contribution in [0.15, 0.2) is 6.07 Å². The van der Waals surface area contributed by atoms with Crippen LogP contribution in [0, 0.1) is 27.7 Å². The van der Waals surface area contributed by atoms with Crippen molar-refractivity contribution in [2.45, 2.75) is 47.2 Å². The number of fused-ring (bicyclic) bond motifs is 1. The van der Waals surface area contributed by atoms with Gasteiger partial charge in [0, 0.05) is 17.8 Å². The highest BCUT2D eigenvalue weighted by atomic mass is 35.5. The maximum atomic E-state index is 13.4. The summed E-state index contributed by atoms with van der Waals surface area (Å²) >= 11 is 6.11. The molecule has 7 nitrogen and oxygen atoms in total. The standard InChI is InChI=1S/C18H21ClF2N6O/c1-9-7-13(17(20)21)15-10(2)24-27(18(15)23-9)8-14(28)22-5-6-26-12(4)16(19)11(3)25-26/h7,17H,5-6,8H2,1-4H3,(H,22,28). The third-order valence-corrected chi connectivity index (χ3v) is 5.05. The average molecular weight is 411 g/mol. The zero-order chi connectivity index (χ0) is 20.6. The maximum absolute atomic E-state index is 13.4. The number of carbonyl (C=O) groups excluding carboxylic acids is 1. The summed E-state index contributed by atoms with van der Waals surface area (Å²) in [6, 6.07) is 1.35. The molecule has 0 aliphatic rings. The largest absolute Gasteiger partial charge is 0.353 e. The number of aryl methyl sites for hydroxylation is 3. The van der Waals surface area contributed by atoms with Crippen molar-refractivity contribution in [2.75, 3.05) is 6.54 Å². The lowest BCUT2D eigenvalue weighted by atomic mass is 10.1. The van der Waals surface area contributed by atoms with E-state index in [0.29, 0.717) is 34.9 Å². The van der Waals surface area contributed by atoms with Gasteiger partial charge >= 0.3 is 0 Å². The number of nitrogens with one attached hydrogen (secondary N) is 1. The predicted octanol–water partition coefficient (Wildman–Crippen LogP) is 3.27. The van der Waals surface area contributed by atoms with Crippen LogP contribution in [-0.4, -0.2) is 37.0 Å². The van der Waals surface area contributed by atoms with Crippen LogP contribution in [0.2, 0.25) is 5.02 Å². The summed E-state index contributed by atoms with van der Waals surface area (Å²) in [5, 5.41) is 12.2. The van der Waals surface area contributed by atoms with Crippen LogP contribution in [0.4, 0.5) is 8.78 Å². The van der Waals surface area contributed by atoms with Gasteiger partial charge in [-0.25, -0.2) is 18.4 Å². The Bertz CT molecular complexity index is 1040. The van der Waals surface area contributed by atoms with E-state index in [9.17, 15) is 13.6 Å². The third kappa shape index (κ3) is 3.84. The molecule has 3 aromatic heterocycles. The molecule has 0 aliphatic carbocycles. The van der Waals surface area contributed by atoms with Crippen molar-refractivity contribution < 1.29 is 13.6 Å². The smallest absolute Gasteiger partial charge is 0.264 e. The van der Waals surface area contributed by atoms with E-state index in [2.05, 4.69) is 20.5 Å². The molecule has 0 atom stereocenters. The fraction of sp³-hybridized carbons (Fsp3) is 0.444. The van der Waals surface area contributed by atoms with Crippen molar-refractivity contribution in [2.24, 2.45) is 0 Å². The molecule has 28 heavy (non-hydrogen) atoms. The van der Waals surface area contributed by atoms with Crippen molar-refractivity contribution in [3.05, 3.63) is 39.4 Å². The lowest BCUT2D eigenvalue weighted by Gasteiger charge is -2.08. The van der Waals surface area contributed by atoms with Crippen molar-refractivity contribution in [3.8, 4) is 0 Å². The number of hydrogen-bond acceptors (Lipinski definition) is 4. The lowest BCUT2D eigenvalue weighted by Crippen LogP contribution is -2.31. The molecular weight excluding hydrogens is 390 g/mol. The van der Waals surface area contributed by atoms with Crippen LogP contribution in [0.25, 0.3) is 11.0 Å². The highest BCUT2D eigenvalue weighted by molar-refractivity contribution is 6.31. The molecular formula is C18H21ClF2N6O. The van der Waals surface area contributed by atoms with Gasteiger partial charge in [-0.15, -0.1) is 0 Å². The van der Waals surface area contributed by atoms with Gasteiger partial charge in [0.1, 0.15) is 6.54 Å². The quantitative estimate of drug-likeness (QED) is 0.676. The van der Waals surface area contributed by atoms with E-state index < -0.39 is 6.43 Å². The van der Waals surface area contributed by atoms with Gasteiger partial charge in [-0.1, -0.05) is 11.6 Å². The van der Waals surface area contributed by atoms with Crippen LogP contribution in [-0.2, 0) is 17.9 Å². The molecule has 0 spiro atoms. The summed E-state index contributed by atoms with van der Waals surface area (Å²) in [4.78, 5) is 16.6. The van der Waals surface area contributed by atoms with Crippen molar-refractivity contribution >= 4 is 28.5 Å². The Hall–Kier alpha value is -2.55. The van der Waals surface area contributed by atoms with Crippen molar-refractivity contribution in [1.82, 2.24) is 29.9 Å². The number of rotatable bonds is 6. The Morgan fingerprint density at radius 1 is 1.18 bits per heavy atom. The Morgan fingerprint density at radius 2 is 1.86 bits per heavy atom. The predicted molar refractivity (Wildman–Crippen MR) is 102 cm³/mol. The zero-order valence-electron chi connectivity index (χ0n) is 16.1.